The van der Waals surface area contributed by atoms with Crippen LogP contribution in [0.1, 0.15) is 24.3 Å². The van der Waals surface area contributed by atoms with E-state index in [1.165, 1.54) is 23.9 Å². The summed E-state index contributed by atoms with van der Waals surface area (Å²) in [4.78, 5) is 1.42. The topological polar surface area (TPSA) is 12.0 Å². The van der Waals surface area contributed by atoms with Gasteiger partial charge >= 0.3 is 0 Å². The second-order valence-electron chi connectivity index (χ2n) is 5.38. The Kier molecular flexibility index (Phi) is 5.01. The van der Waals surface area contributed by atoms with Gasteiger partial charge in [-0.1, -0.05) is 23.4 Å². The smallest absolute Gasteiger partial charge is 0.138 e. The Hall–Kier alpha value is -1.10. The third-order valence-electron chi connectivity index (χ3n) is 3.86. The SMILES string of the molecule is Fc1ccc(Sc2ccc(Cl)cc2F)c(C2CCNCC2)c1. The van der Waals surface area contributed by atoms with Gasteiger partial charge in [-0.3, -0.25) is 0 Å². The summed E-state index contributed by atoms with van der Waals surface area (Å²) in [7, 11) is 0. The van der Waals surface area contributed by atoms with Gasteiger partial charge in [-0.2, -0.15) is 0 Å². The number of hydrogen-bond acceptors (Lipinski definition) is 2. The molecule has 5 heteroatoms. The van der Waals surface area contributed by atoms with E-state index in [9.17, 15) is 8.78 Å². The van der Waals surface area contributed by atoms with Crippen molar-refractivity contribution in [2.45, 2.75) is 28.6 Å². The molecule has 1 N–H and O–H groups in total. The Morgan fingerprint density at radius 2 is 1.73 bits per heavy atom. The van der Waals surface area contributed by atoms with E-state index >= 15 is 0 Å². The summed E-state index contributed by atoms with van der Waals surface area (Å²) in [6.45, 7) is 1.86. The summed E-state index contributed by atoms with van der Waals surface area (Å²) in [5, 5.41) is 3.68. The Labute approximate surface area is 138 Å². The fourth-order valence-corrected chi connectivity index (χ4v) is 3.91. The molecule has 0 aliphatic carbocycles. The predicted octanol–water partition coefficient (Wildman–Crippen LogP) is 5.24. The number of piperidine rings is 1. The lowest BCUT2D eigenvalue weighted by molar-refractivity contribution is 0.454. The van der Waals surface area contributed by atoms with Crippen molar-refractivity contribution in [3.8, 4) is 0 Å². The molecule has 1 fully saturated rings. The van der Waals surface area contributed by atoms with Crippen LogP contribution < -0.4 is 5.32 Å². The first-order valence-electron chi connectivity index (χ1n) is 7.26. The lowest BCUT2D eigenvalue weighted by Gasteiger charge is -2.25. The zero-order valence-corrected chi connectivity index (χ0v) is 13.5. The first-order chi connectivity index (χ1) is 10.6. The van der Waals surface area contributed by atoms with Crippen molar-refractivity contribution >= 4 is 23.4 Å². The highest BCUT2D eigenvalue weighted by atomic mass is 35.5. The molecular weight excluding hydrogens is 324 g/mol. The molecule has 1 heterocycles. The molecule has 0 aromatic heterocycles. The van der Waals surface area contributed by atoms with Crippen LogP contribution in [-0.2, 0) is 0 Å². The van der Waals surface area contributed by atoms with E-state index in [1.807, 2.05) is 0 Å². The van der Waals surface area contributed by atoms with E-state index in [1.54, 1.807) is 24.3 Å². The van der Waals surface area contributed by atoms with Crippen LogP contribution in [0.3, 0.4) is 0 Å². The first-order valence-corrected chi connectivity index (χ1v) is 8.46. The number of halogens is 3. The summed E-state index contributed by atoms with van der Waals surface area (Å²) in [5.74, 6) is -0.276. The average molecular weight is 340 g/mol. The Morgan fingerprint density at radius 1 is 1.00 bits per heavy atom. The molecule has 0 amide bonds. The molecule has 1 saturated heterocycles. The van der Waals surface area contributed by atoms with Crippen molar-refractivity contribution in [1.82, 2.24) is 5.32 Å². The van der Waals surface area contributed by atoms with Crippen molar-refractivity contribution in [3.05, 3.63) is 58.6 Å². The molecule has 0 bridgehead atoms. The molecule has 0 spiro atoms. The highest BCUT2D eigenvalue weighted by Gasteiger charge is 2.20. The summed E-state index contributed by atoms with van der Waals surface area (Å²) in [6, 6.07) is 9.40. The molecule has 1 aliphatic rings. The van der Waals surface area contributed by atoms with Crippen LogP contribution in [0.25, 0.3) is 0 Å². The first kappa shape index (κ1) is 15.8. The molecule has 1 nitrogen and oxygen atoms in total. The molecule has 1 aliphatic heterocycles. The van der Waals surface area contributed by atoms with Crippen molar-refractivity contribution < 1.29 is 8.78 Å². The minimum absolute atomic E-state index is 0.241. The number of rotatable bonds is 3. The van der Waals surface area contributed by atoms with Gasteiger partial charge in [-0.25, -0.2) is 8.78 Å². The Morgan fingerprint density at radius 3 is 2.45 bits per heavy atom. The third kappa shape index (κ3) is 3.62. The van der Waals surface area contributed by atoms with Gasteiger partial charge in [0.1, 0.15) is 11.6 Å². The minimum Gasteiger partial charge on any atom is -0.317 e. The molecule has 22 heavy (non-hydrogen) atoms. The van der Waals surface area contributed by atoms with Gasteiger partial charge in [0.2, 0.25) is 0 Å². The lowest BCUT2D eigenvalue weighted by atomic mass is 9.90. The maximum atomic E-state index is 14.0. The van der Waals surface area contributed by atoms with E-state index in [0.29, 0.717) is 15.8 Å². The molecule has 3 rings (SSSR count). The minimum atomic E-state index is -0.349. The second-order valence-corrected chi connectivity index (χ2v) is 6.90. The molecule has 2 aromatic carbocycles. The Bertz CT molecular complexity index is 672. The van der Waals surface area contributed by atoms with Crippen LogP contribution >= 0.6 is 23.4 Å². The van der Waals surface area contributed by atoms with Crippen LogP contribution in [0.4, 0.5) is 8.78 Å². The second kappa shape index (κ2) is 6.99. The Balaban J connectivity index is 1.92. The normalized spacial score (nSPS) is 16.0. The van der Waals surface area contributed by atoms with Gasteiger partial charge < -0.3 is 5.32 Å². The largest absolute Gasteiger partial charge is 0.317 e. The molecular formula is C17H16ClF2NS. The quantitative estimate of drug-likeness (QED) is 0.821. The number of nitrogens with one attached hydrogen (secondary N) is 1. The molecule has 116 valence electrons. The molecule has 0 radical (unpaired) electrons. The summed E-state index contributed by atoms with van der Waals surface area (Å²) in [6.07, 6.45) is 1.94. The number of hydrogen-bond donors (Lipinski definition) is 1. The van der Waals surface area contributed by atoms with E-state index < -0.39 is 0 Å². The van der Waals surface area contributed by atoms with Gasteiger partial charge in [0.15, 0.2) is 0 Å². The molecule has 0 unspecified atom stereocenters. The lowest BCUT2D eigenvalue weighted by Crippen LogP contribution is -2.26. The third-order valence-corrected chi connectivity index (χ3v) is 5.24. The van der Waals surface area contributed by atoms with Crippen molar-refractivity contribution in [2.75, 3.05) is 13.1 Å². The van der Waals surface area contributed by atoms with Crippen LogP contribution in [0, 0.1) is 11.6 Å². The molecule has 0 saturated carbocycles. The molecule has 0 atom stereocenters. The van der Waals surface area contributed by atoms with Crippen LogP contribution in [0.15, 0.2) is 46.2 Å². The predicted molar refractivity (Wildman–Crippen MR) is 86.8 cm³/mol. The van der Waals surface area contributed by atoms with Gasteiger partial charge in [-0.15, -0.1) is 0 Å². The molecule has 2 aromatic rings. The van der Waals surface area contributed by atoms with Crippen LogP contribution in [0.5, 0.6) is 0 Å². The fourth-order valence-electron chi connectivity index (χ4n) is 2.74. The van der Waals surface area contributed by atoms with E-state index in [4.69, 9.17) is 11.6 Å². The summed E-state index contributed by atoms with van der Waals surface area (Å²) >= 11 is 7.12. The maximum absolute atomic E-state index is 14.0. The van der Waals surface area contributed by atoms with Crippen molar-refractivity contribution in [1.29, 1.82) is 0 Å². The fraction of sp³-hybridized carbons (Fsp3) is 0.294. The van der Waals surface area contributed by atoms with Gasteiger partial charge in [-0.05, 0) is 73.8 Å². The van der Waals surface area contributed by atoms with E-state index in [2.05, 4.69) is 5.32 Å². The van der Waals surface area contributed by atoms with Gasteiger partial charge in [0, 0.05) is 14.8 Å². The van der Waals surface area contributed by atoms with Crippen LogP contribution in [0.2, 0.25) is 5.02 Å². The van der Waals surface area contributed by atoms with E-state index in [0.717, 1.165) is 36.4 Å². The van der Waals surface area contributed by atoms with Crippen molar-refractivity contribution in [3.63, 3.8) is 0 Å². The van der Waals surface area contributed by atoms with Gasteiger partial charge in [0.25, 0.3) is 0 Å². The maximum Gasteiger partial charge on any atom is 0.138 e. The zero-order valence-electron chi connectivity index (χ0n) is 11.9. The highest BCUT2D eigenvalue weighted by molar-refractivity contribution is 7.99. The van der Waals surface area contributed by atoms with Gasteiger partial charge in [0.05, 0.1) is 0 Å². The highest BCUT2D eigenvalue weighted by Crippen LogP contribution is 2.38. The summed E-state index contributed by atoms with van der Waals surface area (Å²) in [5.41, 5.74) is 0.973. The summed E-state index contributed by atoms with van der Waals surface area (Å²) < 4.78 is 27.7. The zero-order chi connectivity index (χ0) is 15.5. The van der Waals surface area contributed by atoms with E-state index in [-0.39, 0.29) is 11.6 Å². The number of benzene rings is 2. The monoisotopic (exact) mass is 339 g/mol. The average Bonchev–Trinajstić information content (AvgIpc) is 2.52. The van der Waals surface area contributed by atoms with Crippen molar-refractivity contribution in [2.24, 2.45) is 0 Å². The van der Waals surface area contributed by atoms with Crippen LogP contribution in [-0.4, -0.2) is 13.1 Å². The standard InChI is InChI=1S/C17H16ClF2NS/c18-12-1-3-17(15(20)9-12)22-16-4-2-13(19)10-14(16)11-5-7-21-8-6-11/h1-4,9-11,21H,5-8H2.